The highest BCUT2D eigenvalue weighted by atomic mass is 31.2. The zero-order valence-electron chi connectivity index (χ0n) is 54.8. The first-order valence-corrected chi connectivity index (χ1v) is 36.5. The second kappa shape index (κ2) is 69.5. The monoisotopic (exact) mass is 1200 g/mol. The van der Waals surface area contributed by atoms with Crippen LogP contribution in [0.25, 0.3) is 0 Å². The molecule has 0 saturated heterocycles. The first-order valence-electron chi connectivity index (χ1n) is 35.0. The summed E-state index contributed by atoms with van der Waals surface area (Å²) in [4.78, 5) is 35.4. The molecule has 0 amide bonds. The lowest BCUT2D eigenvalue weighted by Gasteiger charge is -2.19. The van der Waals surface area contributed by atoms with Crippen LogP contribution in [0.1, 0.15) is 309 Å². The number of allylic oxidation sites excluding steroid dienone is 20. The van der Waals surface area contributed by atoms with E-state index in [0.717, 1.165) is 103 Å². The van der Waals surface area contributed by atoms with Crippen molar-refractivity contribution in [3.8, 4) is 0 Å². The molecule has 0 spiro atoms. The topological polar surface area (TPSA) is 134 Å². The summed E-state index contributed by atoms with van der Waals surface area (Å²) in [6.45, 7) is 3.64. The van der Waals surface area contributed by atoms with Gasteiger partial charge in [0.2, 0.25) is 0 Å². The molecule has 10 heteroatoms. The highest BCUT2D eigenvalue weighted by Gasteiger charge is 2.26. The minimum atomic E-state index is -4.40. The smallest absolute Gasteiger partial charge is 0.462 e. The summed E-state index contributed by atoms with van der Waals surface area (Å²) in [5, 5.41) is 0. The van der Waals surface area contributed by atoms with Crippen LogP contribution in [0.2, 0.25) is 0 Å². The van der Waals surface area contributed by atoms with Crippen LogP contribution in [-0.2, 0) is 32.7 Å². The van der Waals surface area contributed by atoms with Crippen LogP contribution in [-0.4, -0.2) is 49.3 Å². The van der Waals surface area contributed by atoms with E-state index < -0.39 is 26.5 Å². The quantitative estimate of drug-likeness (QED) is 0.0264. The molecule has 488 valence electrons. The number of hydrogen-bond acceptors (Lipinski definition) is 8. The molecule has 0 radical (unpaired) electrons. The molecule has 0 aromatic carbocycles. The van der Waals surface area contributed by atoms with E-state index in [1.807, 2.05) is 0 Å². The zero-order chi connectivity index (χ0) is 61.6. The van der Waals surface area contributed by atoms with E-state index in [1.54, 1.807) is 0 Å². The SMILES string of the molecule is CC/C=C\C/C=C\C/C=C\C/C=C\C/C=C\C/C=C\C/C=C\C/C=C\CCCCCCCCCCCCC(=O)OC(COC(=O)CCCCCCCCCCCCCCCCCCC/C=C\C/C=C\CCCCCCC)COP(=O)(O)OCCN. The Bertz CT molecular complexity index is 1810. The van der Waals surface area contributed by atoms with Gasteiger partial charge >= 0.3 is 19.8 Å². The van der Waals surface area contributed by atoms with Crippen LogP contribution >= 0.6 is 7.82 Å². The van der Waals surface area contributed by atoms with Gasteiger partial charge in [-0.1, -0.05) is 309 Å². The molecule has 0 aromatic heterocycles. The van der Waals surface area contributed by atoms with Crippen molar-refractivity contribution in [1.82, 2.24) is 0 Å². The third-order valence-corrected chi connectivity index (χ3v) is 15.8. The Labute approximate surface area is 523 Å². The molecule has 0 saturated carbocycles. The zero-order valence-corrected chi connectivity index (χ0v) is 55.7. The van der Waals surface area contributed by atoms with Gasteiger partial charge in [0.05, 0.1) is 13.2 Å². The van der Waals surface area contributed by atoms with Crippen molar-refractivity contribution in [2.24, 2.45) is 5.73 Å². The molecule has 0 heterocycles. The summed E-state index contributed by atoms with van der Waals surface area (Å²) in [5.41, 5.74) is 5.40. The number of esters is 2. The minimum absolute atomic E-state index is 0.0485. The van der Waals surface area contributed by atoms with Crippen LogP contribution in [0.3, 0.4) is 0 Å². The van der Waals surface area contributed by atoms with Gasteiger partial charge in [-0.05, 0) is 109 Å². The van der Waals surface area contributed by atoms with Gasteiger partial charge in [-0.15, -0.1) is 0 Å². The van der Waals surface area contributed by atoms with Crippen molar-refractivity contribution in [3.05, 3.63) is 122 Å². The highest BCUT2D eigenvalue weighted by Crippen LogP contribution is 2.43. The van der Waals surface area contributed by atoms with E-state index in [-0.39, 0.29) is 38.6 Å². The maximum Gasteiger partial charge on any atom is 0.472 e. The number of nitrogens with two attached hydrogens (primary N) is 1. The molecule has 0 aliphatic carbocycles. The minimum Gasteiger partial charge on any atom is -0.462 e. The highest BCUT2D eigenvalue weighted by molar-refractivity contribution is 7.47. The lowest BCUT2D eigenvalue weighted by atomic mass is 10.0. The maximum absolute atomic E-state index is 12.8. The van der Waals surface area contributed by atoms with E-state index in [1.165, 1.54) is 173 Å². The van der Waals surface area contributed by atoms with Crippen molar-refractivity contribution in [1.29, 1.82) is 0 Å². The molecule has 2 unspecified atom stereocenters. The average molecular weight is 1200 g/mol. The van der Waals surface area contributed by atoms with E-state index in [9.17, 15) is 19.0 Å². The summed E-state index contributed by atoms with van der Waals surface area (Å²) in [7, 11) is -4.40. The normalized spacial score (nSPS) is 13.7. The second-order valence-corrected chi connectivity index (χ2v) is 24.5. The van der Waals surface area contributed by atoms with Crippen molar-refractivity contribution >= 4 is 19.8 Å². The molecule has 0 rings (SSSR count). The summed E-state index contributed by atoms with van der Waals surface area (Å²) >= 11 is 0. The number of unbranched alkanes of at least 4 members (excludes halogenated alkanes) is 32. The molecule has 2 atom stereocenters. The summed E-state index contributed by atoms with van der Waals surface area (Å²) < 4.78 is 33.2. The predicted octanol–water partition coefficient (Wildman–Crippen LogP) is 23.1. The number of phosphoric ester groups is 1. The number of ether oxygens (including phenoxy) is 2. The summed E-state index contributed by atoms with van der Waals surface area (Å²) in [5.74, 6) is -0.828. The molecule has 9 nitrogen and oxygen atoms in total. The van der Waals surface area contributed by atoms with Gasteiger partial charge in [-0.3, -0.25) is 18.6 Å². The van der Waals surface area contributed by atoms with Crippen molar-refractivity contribution in [2.75, 3.05) is 26.4 Å². The Morgan fingerprint density at radius 1 is 0.365 bits per heavy atom. The van der Waals surface area contributed by atoms with E-state index >= 15 is 0 Å². The Kier molecular flexibility index (Phi) is 66.6. The third-order valence-electron chi connectivity index (χ3n) is 14.8. The average Bonchev–Trinajstić information content (AvgIpc) is 3.52. The van der Waals surface area contributed by atoms with E-state index in [0.29, 0.717) is 6.42 Å². The Morgan fingerprint density at radius 2 is 0.647 bits per heavy atom. The molecule has 0 aliphatic heterocycles. The largest absolute Gasteiger partial charge is 0.472 e. The number of carbonyl (C=O) groups is 2. The Hall–Kier alpha value is -3.59. The van der Waals surface area contributed by atoms with Crippen molar-refractivity contribution < 1.29 is 37.6 Å². The maximum atomic E-state index is 12.8. The van der Waals surface area contributed by atoms with Crippen molar-refractivity contribution in [2.45, 2.75) is 315 Å². The Morgan fingerprint density at radius 3 is 0.965 bits per heavy atom. The van der Waals surface area contributed by atoms with E-state index in [2.05, 4.69) is 135 Å². The molecular formula is C75H130NO8P. The second-order valence-electron chi connectivity index (χ2n) is 23.0. The van der Waals surface area contributed by atoms with Gasteiger partial charge in [0.25, 0.3) is 0 Å². The Balaban J connectivity index is 3.92. The fraction of sp³-hybridized carbons (Fsp3) is 0.707. The molecule has 3 N–H and O–H groups in total. The third kappa shape index (κ3) is 69.4. The summed E-state index contributed by atoms with van der Waals surface area (Å²) in [6, 6.07) is 0. The molecule has 0 bridgehead atoms. The lowest BCUT2D eigenvalue weighted by Crippen LogP contribution is -2.29. The number of rotatable bonds is 65. The standard InChI is InChI=1S/C75H130NO8P/c1-3-5-7-9-11-13-15-17-19-21-23-25-27-29-31-33-34-35-36-37-38-40-42-44-46-48-50-52-54-56-58-60-62-64-66-68-75(78)84-73(72-83-85(79,80)82-70-69-76)71-81-74(77)67-65-63-61-59-57-55-53-51-49-47-45-43-41-39-32-30-28-26-24-22-20-18-16-14-12-10-8-6-4-2/h5,7,11,13,16-19,22-25,29,31,34-35,37-38,42,44,73H,3-4,6,8-10,12,14-15,20-21,26-28,30,32-33,36,39-41,43,45-72,76H2,1-2H3,(H,79,80)/b7-5-,13-11-,18-16-,19-17-,24-22-,25-23-,31-29-,35-34-,38-37-,44-42-. The number of phosphoric acid groups is 1. The molecule has 0 aliphatic rings. The van der Waals surface area contributed by atoms with Crippen molar-refractivity contribution in [3.63, 3.8) is 0 Å². The van der Waals surface area contributed by atoms with Gasteiger partial charge in [-0.2, -0.15) is 0 Å². The first-order chi connectivity index (χ1) is 41.8. The van der Waals surface area contributed by atoms with E-state index in [4.69, 9.17) is 24.3 Å². The fourth-order valence-corrected chi connectivity index (χ4v) is 10.5. The van der Waals surface area contributed by atoms with Gasteiger partial charge in [0.15, 0.2) is 6.10 Å². The van der Waals surface area contributed by atoms with Gasteiger partial charge in [0.1, 0.15) is 6.61 Å². The van der Waals surface area contributed by atoms with Gasteiger partial charge in [-0.25, -0.2) is 4.57 Å². The van der Waals surface area contributed by atoms with Crippen LogP contribution < -0.4 is 5.73 Å². The number of carbonyl (C=O) groups excluding carboxylic acids is 2. The molecule has 0 fully saturated rings. The molecular weight excluding hydrogens is 1070 g/mol. The number of hydrogen-bond donors (Lipinski definition) is 2. The first kappa shape index (κ1) is 81.4. The van der Waals surface area contributed by atoms with Gasteiger partial charge in [0, 0.05) is 19.4 Å². The van der Waals surface area contributed by atoms with Crippen LogP contribution in [0.5, 0.6) is 0 Å². The van der Waals surface area contributed by atoms with Gasteiger partial charge < -0.3 is 20.1 Å². The summed E-state index contributed by atoms with van der Waals surface area (Å²) in [6.07, 6.45) is 97.1. The van der Waals surface area contributed by atoms with Crippen LogP contribution in [0, 0.1) is 0 Å². The van der Waals surface area contributed by atoms with Crippen LogP contribution in [0.15, 0.2) is 122 Å². The molecule has 85 heavy (non-hydrogen) atoms. The van der Waals surface area contributed by atoms with Crippen LogP contribution in [0.4, 0.5) is 0 Å². The fourth-order valence-electron chi connectivity index (χ4n) is 9.68. The molecule has 0 aromatic rings. The lowest BCUT2D eigenvalue weighted by molar-refractivity contribution is -0.161. The predicted molar refractivity (Wildman–Crippen MR) is 367 cm³/mol.